The van der Waals surface area contributed by atoms with Crippen molar-refractivity contribution in [2.24, 2.45) is 7.05 Å². The minimum absolute atomic E-state index is 0.279. The van der Waals surface area contributed by atoms with Gasteiger partial charge in [0.2, 0.25) is 0 Å². The van der Waals surface area contributed by atoms with Gasteiger partial charge in [0, 0.05) is 7.05 Å². The largest absolute Gasteiger partial charge is 0.343 e. The average Bonchev–Trinajstić information content (AvgIpc) is 2.61. The molecule has 2 rings (SSSR count). The first-order valence-electron chi connectivity index (χ1n) is 4.37. The Labute approximate surface area is 94.9 Å². The molecule has 80 valence electrons. The molecule has 0 atom stereocenters. The second-order valence-corrected chi connectivity index (χ2v) is 3.93. The maximum atomic E-state index is 11.1. The lowest BCUT2D eigenvalue weighted by atomic mass is 10.4. The van der Waals surface area contributed by atoms with Crippen LogP contribution in [0.5, 0.6) is 0 Å². The highest BCUT2D eigenvalue weighted by Gasteiger charge is 2.07. The molecule has 0 unspecified atom stereocenters. The van der Waals surface area contributed by atoms with Crippen LogP contribution in [-0.4, -0.2) is 19.7 Å². The van der Waals surface area contributed by atoms with Crippen LogP contribution in [0.3, 0.4) is 0 Å². The van der Waals surface area contributed by atoms with Crippen LogP contribution in [0.15, 0.2) is 33.2 Å². The van der Waals surface area contributed by atoms with Gasteiger partial charge in [0.1, 0.15) is 16.8 Å². The van der Waals surface area contributed by atoms with E-state index in [0.717, 1.165) is 0 Å². The molecular weight excluding hydrogens is 226 g/mol. The predicted molar refractivity (Wildman–Crippen MR) is 56.9 cm³/mol. The Morgan fingerprint density at radius 1 is 1.56 bits per heavy atom. The summed E-state index contributed by atoms with van der Waals surface area (Å²) in [5.41, 5.74) is 0.0597. The van der Waals surface area contributed by atoms with Gasteiger partial charge in [-0.05, 0) is 23.9 Å². The molecule has 0 aromatic carbocycles. The Kier molecular flexibility index (Phi) is 2.74. The third kappa shape index (κ3) is 1.97. The van der Waals surface area contributed by atoms with E-state index < -0.39 is 0 Å². The zero-order valence-corrected chi connectivity index (χ0v) is 9.15. The number of rotatable bonds is 2. The first kappa shape index (κ1) is 10.4. The van der Waals surface area contributed by atoms with Gasteiger partial charge in [-0.25, -0.2) is 14.9 Å². The zero-order valence-electron chi connectivity index (χ0n) is 8.34. The molecule has 0 amide bonds. The molecule has 0 aliphatic carbocycles. The third-order valence-corrected chi connectivity index (χ3v) is 2.86. The van der Waals surface area contributed by atoms with E-state index in [4.69, 9.17) is 5.26 Å². The molecule has 0 aliphatic heterocycles. The quantitative estimate of drug-likeness (QED) is 0.817. The van der Waals surface area contributed by atoms with E-state index >= 15 is 0 Å². The molecule has 7 heteroatoms. The summed E-state index contributed by atoms with van der Waals surface area (Å²) >= 11 is 1.22. The fourth-order valence-electron chi connectivity index (χ4n) is 1.05. The van der Waals surface area contributed by atoms with Crippen molar-refractivity contribution >= 4 is 11.8 Å². The summed E-state index contributed by atoms with van der Waals surface area (Å²) in [6.45, 7) is 0. The monoisotopic (exact) mass is 233 g/mol. The van der Waals surface area contributed by atoms with Crippen molar-refractivity contribution in [1.29, 1.82) is 5.26 Å². The molecular formula is C9H7N5OS. The molecule has 0 bridgehead atoms. The van der Waals surface area contributed by atoms with Gasteiger partial charge in [-0.2, -0.15) is 5.26 Å². The predicted octanol–water partition coefficient (Wildman–Crippen LogP) is 0.526. The van der Waals surface area contributed by atoms with Crippen molar-refractivity contribution in [2.75, 3.05) is 0 Å². The normalized spacial score (nSPS) is 10.0. The van der Waals surface area contributed by atoms with Crippen molar-refractivity contribution < 1.29 is 0 Å². The topological polar surface area (TPSA) is 87.4 Å². The molecule has 0 saturated carbocycles. The standard InChI is InChI=1S/C9H7N5OS/c1-14-8(15)12-13-9(14)16-7-4-2-3-6(5-10)11-7/h2-4H,1H3,(H,12,15). The lowest BCUT2D eigenvalue weighted by Gasteiger charge is -1.98. The number of pyridine rings is 1. The molecule has 6 nitrogen and oxygen atoms in total. The lowest BCUT2D eigenvalue weighted by Crippen LogP contribution is -2.12. The fraction of sp³-hybridized carbons (Fsp3) is 0.111. The Hall–Kier alpha value is -2.07. The van der Waals surface area contributed by atoms with E-state index in [1.165, 1.54) is 16.3 Å². The SMILES string of the molecule is Cn1c(Sc2cccc(C#N)n2)n[nH]c1=O. The second kappa shape index (κ2) is 4.20. The van der Waals surface area contributed by atoms with Gasteiger partial charge < -0.3 is 0 Å². The molecule has 2 aromatic rings. The number of nitriles is 1. The molecule has 0 radical (unpaired) electrons. The van der Waals surface area contributed by atoms with Crippen molar-refractivity contribution in [3.63, 3.8) is 0 Å². The van der Waals surface area contributed by atoms with Gasteiger partial charge in [-0.1, -0.05) is 6.07 Å². The molecule has 2 aromatic heterocycles. The molecule has 0 aliphatic rings. The van der Waals surface area contributed by atoms with Crippen molar-refractivity contribution in [3.05, 3.63) is 34.4 Å². The van der Waals surface area contributed by atoms with E-state index in [0.29, 0.717) is 15.9 Å². The summed E-state index contributed by atoms with van der Waals surface area (Å²) in [6.07, 6.45) is 0. The summed E-state index contributed by atoms with van der Waals surface area (Å²) in [5, 5.41) is 16.0. The fourth-order valence-corrected chi connectivity index (χ4v) is 1.84. The maximum absolute atomic E-state index is 11.1. The third-order valence-electron chi connectivity index (χ3n) is 1.87. The zero-order chi connectivity index (χ0) is 11.5. The highest BCUT2D eigenvalue weighted by atomic mass is 32.2. The van der Waals surface area contributed by atoms with E-state index in [1.54, 1.807) is 25.2 Å². The van der Waals surface area contributed by atoms with Crippen molar-refractivity contribution in [2.45, 2.75) is 10.2 Å². The van der Waals surface area contributed by atoms with E-state index in [1.807, 2.05) is 6.07 Å². The number of aromatic nitrogens is 4. The van der Waals surface area contributed by atoms with Crippen molar-refractivity contribution in [1.82, 2.24) is 19.7 Å². The highest BCUT2D eigenvalue weighted by Crippen LogP contribution is 2.22. The molecule has 0 saturated heterocycles. The van der Waals surface area contributed by atoms with Gasteiger partial charge in [-0.15, -0.1) is 5.10 Å². The smallest absolute Gasteiger partial charge is 0.273 e. The number of aromatic amines is 1. The van der Waals surface area contributed by atoms with E-state index in [2.05, 4.69) is 15.2 Å². The highest BCUT2D eigenvalue weighted by molar-refractivity contribution is 7.99. The number of hydrogen-bond acceptors (Lipinski definition) is 5. The van der Waals surface area contributed by atoms with Crippen molar-refractivity contribution in [3.8, 4) is 6.07 Å². The first-order valence-corrected chi connectivity index (χ1v) is 5.19. The van der Waals surface area contributed by atoms with Crippen LogP contribution < -0.4 is 5.69 Å². The van der Waals surface area contributed by atoms with Gasteiger partial charge >= 0.3 is 5.69 Å². The minimum Gasteiger partial charge on any atom is -0.273 e. The molecule has 0 fully saturated rings. The van der Waals surface area contributed by atoms with Crippen LogP contribution >= 0.6 is 11.8 Å². The Bertz CT molecular complexity index is 609. The number of hydrogen-bond donors (Lipinski definition) is 1. The molecule has 1 N–H and O–H groups in total. The summed E-state index contributed by atoms with van der Waals surface area (Å²) in [7, 11) is 1.61. The summed E-state index contributed by atoms with van der Waals surface area (Å²) in [4.78, 5) is 15.2. The Morgan fingerprint density at radius 3 is 3.00 bits per heavy atom. The second-order valence-electron chi connectivity index (χ2n) is 2.95. The van der Waals surface area contributed by atoms with Crippen LogP contribution in [0, 0.1) is 11.3 Å². The summed E-state index contributed by atoms with van der Waals surface area (Å²) < 4.78 is 1.38. The molecule has 2 heterocycles. The number of nitrogens with zero attached hydrogens (tertiary/aromatic N) is 4. The maximum Gasteiger partial charge on any atom is 0.343 e. The van der Waals surface area contributed by atoms with Crippen LogP contribution in [-0.2, 0) is 7.05 Å². The van der Waals surface area contributed by atoms with Gasteiger partial charge in [0.05, 0.1) is 0 Å². The first-order chi connectivity index (χ1) is 7.70. The van der Waals surface area contributed by atoms with Crippen LogP contribution in [0.4, 0.5) is 0 Å². The van der Waals surface area contributed by atoms with E-state index in [9.17, 15) is 4.79 Å². The lowest BCUT2D eigenvalue weighted by molar-refractivity contribution is 0.764. The Morgan fingerprint density at radius 2 is 2.38 bits per heavy atom. The van der Waals surface area contributed by atoms with Crippen LogP contribution in [0.2, 0.25) is 0 Å². The molecule has 0 spiro atoms. The van der Waals surface area contributed by atoms with Gasteiger partial charge in [0.15, 0.2) is 5.16 Å². The average molecular weight is 233 g/mol. The molecule has 16 heavy (non-hydrogen) atoms. The van der Waals surface area contributed by atoms with Gasteiger partial charge in [0.25, 0.3) is 0 Å². The van der Waals surface area contributed by atoms with Crippen LogP contribution in [0.1, 0.15) is 5.69 Å². The minimum atomic E-state index is -0.279. The van der Waals surface area contributed by atoms with E-state index in [-0.39, 0.29) is 5.69 Å². The number of H-pyrrole nitrogens is 1. The van der Waals surface area contributed by atoms with Gasteiger partial charge in [-0.3, -0.25) is 4.57 Å². The Balaban J connectivity index is 2.31. The summed E-state index contributed by atoms with van der Waals surface area (Å²) in [6, 6.07) is 7.06. The number of nitrogens with one attached hydrogen (secondary N) is 1. The summed E-state index contributed by atoms with van der Waals surface area (Å²) in [5.74, 6) is 0. The van der Waals surface area contributed by atoms with Crippen LogP contribution in [0.25, 0.3) is 0 Å².